The van der Waals surface area contributed by atoms with Crippen LogP contribution in [0.3, 0.4) is 0 Å². The second kappa shape index (κ2) is 11.9. The van der Waals surface area contributed by atoms with Gasteiger partial charge in [-0.1, -0.05) is 64.8 Å². The molecule has 5 rings (SSSR count). The smallest absolute Gasteiger partial charge is 0.295 e. The SMILES string of the molecule is Cc1ccc(-c2nc(-c3ccc(CC(NC(=O)c4cccc(-c5ccc(Cl)cc5)c4)OC=O)cc3F)no2)cc1. The standard InChI is InChI=1S/C31H23ClFN3O4/c1-19-5-8-22(9-6-19)31-35-29(36-40-31)26-14-7-20(15-27(26)33)16-28(39-18-37)34-30(38)24-4-2-3-23(17-24)21-10-12-25(32)13-11-21/h2-15,17-18,28H,16H2,1H3,(H,34,38). The molecule has 1 amide bonds. The van der Waals surface area contributed by atoms with Gasteiger partial charge in [0.1, 0.15) is 5.82 Å². The van der Waals surface area contributed by atoms with E-state index in [9.17, 15) is 9.59 Å². The number of amides is 1. The molecule has 0 saturated carbocycles. The first-order valence-electron chi connectivity index (χ1n) is 12.3. The Bertz CT molecular complexity index is 1650. The highest BCUT2D eigenvalue weighted by molar-refractivity contribution is 6.30. The van der Waals surface area contributed by atoms with E-state index in [1.54, 1.807) is 36.4 Å². The van der Waals surface area contributed by atoms with Crippen LogP contribution in [0.2, 0.25) is 5.02 Å². The molecule has 1 atom stereocenters. The van der Waals surface area contributed by atoms with E-state index in [4.69, 9.17) is 20.9 Å². The van der Waals surface area contributed by atoms with Crippen molar-refractivity contribution in [2.45, 2.75) is 19.6 Å². The van der Waals surface area contributed by atoms with Gasteiger partial charge in [-0.3, -0.25) is 9.59 Å². The van der Waals surface area contributed by atoms with E-state index >= 15 is 4.39 Å². The summed E-state index contributed by atoms with van der Waals surface area (Å²) < 4.78 is 25.5. The topological polar surface area (TPSA) is 94.3 Å². The summed E-state index contributed by atoms with van der Waals surface area (Å²) in [5.41, 5.74) is 4.54. The fourth-order valence-electron chi connectivity index (χ4n) is 4.14. The zero-order valence-corrected chi connectivity index (χ0v) is 22.1. The Hall–Kier alpha value is -4.82. The highest BCUT2D eigenvalue weighted by Crippen LogP contribution is 2.26. The summed E-state index contributed by atoms with van der Waals surface area (Å²) in [6.45, 7) is 2.21. The van der Waals surface area contributed by atoms with Crippen molar-refractivity contribution in [2.24, 2.45) is 0 Å². The van der Waals surface area contributed by atoms with Crippen molar-refractivity contribution in [3.8, 4) is 34.0 Å². The molecule has 0 bridgehead atoms. The van der Waals surface area contributed by atoms with Crippen LogP contribution in [-0.2, 0) is 16.0 Å². The third kappa shape index (κ3) is 6.24. The van der Waals surface area contributed by atoms with Gasteiger partial charge in [0.25, 0.3) is 18.3 Å². The molecule has 0 saturated heterocycles. The van der Waals surface area contributed by atoms with E-state index in [1.807, 2.05) is 49.4 Å². The minimum Gasteiger partial charge on any atom is -0.444 e. The van der Waals surface area contributed by atoms with E-state index < -0.39 is 18.0 Å². The van der Waals surface area contributed by atoms with Gasteiger partial charge < -0.3 is 14.6 Å². The van der Waals surface area contributed by atoms with Crippen LogP contribution in [0.5, 0.6) is 0 Å². The monoisotopic (exact) mass is 555 g/mol. The summed E-state index contributed by atoms with van der Waals surface area (Å²) in [6, 6.07) is 26.2. The van der Waals surface area contributed by atoms with E-state index in [0.717, 1.165) is 22.3 Å². The van der Waals surface area contributed by atoms with Crippen molar-refractivity contribution in [1.29, 1.82) is 0 Å². The molecule has 0 fully saturated rings. The van der Waals surface area contributed by atoms with Crippen molar-refractivity contribution in [3.05, 3.63) is 119 Å². The highest BCUT2D eigenvalue weighted by atomic mass is 35.5. The lowest BCUT2D eigenvalue weighted by Gasteiger charge is -2.17. The summed E-state index contributed by atoms with van der Waals surface area (Å²) in [4.78, 5) is 28.4. The summed E-state index contributed by atoms with van der Waals surface area (Å²) in [6.07, 6.45) is -0.980. The number of nitrogens with zero attached hydrogens (tertiary/aromatic N) is 2. The van der Waals surface area contributed by atoms with Gasteiger partial charge in [-0.2, -0.15) is 4.98 Å². The van der Waals surface area contributed by atoms with Crippen LogP contribution in [0.15, 0.2) is 95.5 Å². The maximum absolute atomic E-state index is 15.1. The first-order valence-corrected chi connectivity index (χ1v) is 12.7. The van der Waals surface area contributed by atoms with Crippen LogP contribution in [0.25, 0.3) is 34.0 Å². The van der Waals surface area contributed by atoms with Crippen LogP contribution >= 0.6 is 11.6 Å². The predicted molar refractivity (Wildman–Crippen MR) is 149 cm³/mol. The van der Waals surface area contributed by atoms with Crippen molar-refractivity contribution in [3.63, 3.8) is 0 Å². The number of carbonyl (C=O) groups excluding carboxylic acids is 2. The zero-order chi connectivity index (χ0) is 28.1. The molecule has 1 heterocycles. The minimum atomic E-state index is -1.02. The Morgan fingerprint density at radius 3 is 2.48 bits per heavy atom. The fraction of sp³-hybridized carbons (Fsp3) is 0.0968. The number of benzene rings is 4. The van der Waals surface area contributed by atoms with Crippen LogP contribution in [-0.4, -0.2) is 28.7 Å². The van der Waals surface area contributed by atoms with E-state index in [1.165, 1.54) is 12.1 Å². The van der Waals surface area contributed by atoms with Crippen molar-refractivity contribution in [1.82, 2.24) is 15.5 Å². The maximum atomic E-state index is 15.1. The molecule has 1 aromatic heterocycles. The van der Waals surface area contributed by atoms with Gasteiger partial charge >= 0.3 is 0 Å². The van der Waals surface area contributed by atoms with Gasteiger partial charge in [0.2, 0.25) is 5.82 Å². The van der Waals surface area contributed by atoms with Crippen LogP contribution in [0, 0.1) is 12.7 Å². The Labute approximate surface area is 234 Å². The van der Waals surface area contributed by atoms with Gasteiger partial charge in [-0.25, -0.2) is 4.39 Å². The first kappa shape index (κ1) is 26.8. The number of aromatic nitrogens is 2. The molecule has 0 aliphatic rings. The van der Waals surface area contributed by atoms with Crippen molar-refractivity contribution < 1.29 is 23.2 Å². The molecule has 9 heteroatoms. The molecule has 0 spiro atoms. The van der Waals surface area contributed by atoms with Crippen LogP contribution in [0.4, 0.5) is 4.39 Å². The summed E-state index contributed by atoms with van der Waals surface area (Å²) in [7, 11) is 0. The number of carbonyl (C=O) groups is 2. The molecular formula is C31H23ClFN3O4. The molecule has 5 aromatic rings. The molecular weight excluding hydrogens is 533 g/mol. The lowest BCUT2D eigenvalue weighted by Crippen LogP contribution is -2.38. The second-order valence-corrected chi connectivity index (χ2v) is 9.53. The molecule has 1 N–H and O–H groups in total. The van der Waals surface area contributed by atoms with Crippen molar-refractivity contribution >= 4 is 24.0 Å². The van der Waals surface area contributed by atoms with E-state index in [2.05, 4.69) is 15.5 Å². The van der Waals surface area contributed by atoms with Gasteiger partial charge in [-0.05, 0) is 72.1 Å². The maximum Gasteiger partial charge on any atom is 0.295 e. The molecule has 40 heavy (non-hydrogen) atoms. The summed E-state index contributed by atoms with van der Waals surface area (Å²) >= 11 is 5.97. The minimum absolute atomic E-state index is 0.0411. The molecule has 4 aromatic carbocycles. The second-order valence-electron chi connectivity index (χ2n) is 9.09. The molecule has 0 radical (unpaired) electrons. The summed E-state index contributed by atoms with van der Waals surface area (Å²) in [5.74, 6) is -0.647. The number of aryl methyl sites for hydroxylation is 1. The third-order valence-corrected chi connectivity index (χ3v) is 6.49. The third-order valence-electron chi connectivity index (χ3n) is 6.23. The average Bonchev–Trinajstić information content (AvgIpc) is 3.44. The van der Waals surface area contributed by atoms with Crippen LogP contribution < -0.4 is 5.32 Å². The normalized spacial score (nSPS) is 11.6. The quantitative estimate of drug-likeness (QED) is 0.162. The van der Waals surface area contributed by atoms with Gasteiger partial charge in [0.15, 0.2) is 6.23 Å². The average molecular weight is 556 g/mol. The number of hydrogen-bond donors (Lipinski definition) is 1. The first-order chi connectivity index (χ1) is 19.4. The number of nitrogens with one attached hydrogen (secondary N) is 1. The highest BCUT2D eigenvalue weighted by Gasteiger charge is 2.19. The molecule has 0 aliphatic carbocycles. The fourth-order valence-corrected chi connectivity index (χ4v) is 4.27. The lowest BCUT2D eigenvalue weighted by atomic mass is 10.0. The zero-order valence-electron chi connectivity index (χ0n) is 21.3. The van der Waals surface area contributed by atoms with Gasteiger partial charge in [0.05, 0.1) is 5.56 Å². The van der Waals surface area contributed by atoms with E-state index in [0.29, 0.717) is 16.1 Å². The molecule has 200 valence electrons. The number of ether oxygens (including phenoxy) is 1. The van der Waals surface area contributed by atoms with Crippen molar-refractivity contribution in [2.75, 3.05) is 0 Å². The Kier molecular flexibility index (Phi) is 7.98. The molecule has 7 nitrogen and oxygen atoms in total. The number of hydrogen-bond acceptors (Lipinski definition) is 6. The number of rotatable bonds is 9. The summed E-state index contributed by atoms with van der Waals surface area (Å²) in [5, 5.41) is 7.21. The Morgan fingerprint density at radius 1 is 1.00 bits per heavy atom. The predicted octanol–water partition coefficient (Wildman–Crippen LogP) is 6.64. The Balaban J connectivity index is 1.29. The largest absolute Gasteiger partial charge is 0.444 e. The Morgan fingerprint density at radius 2 is 1.75 bits per heavy atom. The molecule has 0 aliphatic heterocycles. The van der Waals surface area contributed by atoms with Gasteiger partial charge in [0, 0.05) is 22.6 Å². The van der Waals surface area contributed by atoms with Crippen LogP contribution in [0.1, 0.15) is 21.5 Å². The number of halogens is 2. The molecule has 1 unspecified atom stereocenters. The lowest BCUT2D eigenvalue weighted by molar-refractivity contribution is -0.134. The van der Waals surface area contributed by atoms with Gasteiger partial charge in [-0.15, -0.1) is 0 Å². The van der Waals surface area contributed by atoms with E-state index in [-0.39, 0.29) is 30.2 Å².